The lowest BCUT2D eigenvalue weighted by atomic mass is 10.2. The molecule has 20 heavy (non-hydrogen) atoms. The van der Waals surface area contributed by atoms with Gasteiger partial charge in [0.2, 0.25) is 11.7 Å². The zero-order valence-corrected chi connectivity index (χ0v) is 11.4. The molecule has 2 rings (SSSR count). The average Bonchev–Trinajstić information content (AvgIpc) is 2.84. The minimum absolute atomic E-state index is 0.0296. The second-order valence-electron chi connectivity index (χ2n) is 4.60. The van der Waals surface area contributed by atoms with Crippen LogP contribution in [0.1, 0.15) is 26.2 Å². The molecule has 1 aromatic heterocycles. The molecule has 2 aromatic rings. The number of carbonyl (C=O) groups is 1. The summed E-state index contributed by atoms with van der Waals surface area (Å²) in [5, 5.41) is 12.5. The summed E-state index contributed by atoms with van der Waals surface area (Å²) >= 11 is 0. The second-order valence-corrected chi connectivity index (χ2v) is 4.60. The molecule has 0 saturated heterocycles. The van der Waals surface area contributed by atoms with Crippen molar-refractivity contribution in [1.82, 2.24) is 10.1 Å². The molecule has 106 valence electrons. The molecule has 0 bridgehead atoms. The molecule has 0 aliphatic carbocycles. The van der Waals surface area contributed by atoms with Crippen LogP contribution in [0.4, 0.5) is 0 Å². The largest absolute Gasteiger partial charge is 0.491 e. The number of aromatic nitrogens is 2. The van der Waals surface area contributed by atoms with E-state index in [0.717, 1.165) is 11.3 Å². The minimum atomic E-state index is -0.892. The fraction of sp³-hybridized carbons (Fsp3) is 0.357. The molecule has 0 aliphatic rings. The first-order chi connectivity index (χ1) is 9.54. The van der Waals surface area contributed by atoms with Gasteiger partial charge in [-0.25, -0.2) is 0 Å². The van der Waals surface area contributed by atoms with Gasteiger partial charge in [0, 0.05) is 12.0 Å². The van der Waals surface area contributed by atoms with Gasteiger partial charge < -0.3 is 14.4 Å². The smallest absolute Gasteiger partial charge is 0.303 e. The summed E-state index contributed by atoms with van der Waals surface area (Å²) in [6, 6.07) is 7.38. The zero-order valence-electron chi connectivity index (χ0n) is 11.4. The predicted octanol–water partition coefficient (Wildman–Crippen LogP) is 2.54. The molecule has 1 N–H and O–H groups in total. The number of aryl methyl sites for hydroxylation is 1. The Balaban J connectivity index is 2.13. The van der Waals surface area contributed by atoms with Crippen LogP contribution in [0.15, 0.2) is 28.8 Å². The standard InChI is InChI=1S/C14H16N2O4/c1-9(2)19-11-5-3-4-10(8-11)14-15-12(20-16-14)6-7-13(17)18/h3-5,8-9H,6-7H2,1-2H3,(H,17,18). The molecule has 0 radical (unpaired) electrons. The molecule has 1 heterocycles. The van der Waals surface area contributed by atoms with Gasteiger partial charge in [-0.1, -0.05) is 17.3 Å². The van der Waals surface area contributed by atoms with Crippen LogP contribution in [-0.2, 0) is 11.2 Å². The number of rotatable bonds is 6. The lowest BCUT2D eigenvalue weighted by Crippen LogP contribution is -2.05. The minimum Gasteiger partial charge on any atom is -0.491 e. The molecule has 0 unspecified atom stereocenters. The van der Waals surface area contributed by atoms with Crippen molar-refractivity contribution in [3.8, 4) is 17.1 Å². The molecule has 0 atom stereocenters. The summed E-state index contributed by atoms with van der Waals surface area (Å²) in [6.07, 6.45) is 0.282. The topological polar surface area (TPSA) is 85.5 Å². The van der Waals surface area contributed by atoms with Crippen molar-refractivity contribution in [2.45, 2.75) is 32.8 Å². The fourth-order valence-corrected chi connectivity index (χ4v) is 1.67. The SMILES string of the molecule is CC(C)Oc1cccc(-c2noc(CCC(=O)O)n2)c1. The van der Waals surface area contributed by atoms with Crippen LogP contribution in [-0.4, -0.2) is 27.3 Å². The first kappa shape index (κ1) is 14.0. The van der Waals surface area contributed by atoms with Crippen molar-refractivity contribution < 1.29 is 19.2 Å². The van der Waals surface area contributed by atoms with Crippen LogP contribution in [0.5, 0.6) is 5.75 Å². The number of hydrogen-bond donors (Lipinski definition) is 1. The Kier molecular flexibility index (Phi) is 4.34. The number of carboxylic acid groups (broad SMARTS) is 1. The van der Waals surface area contributed by atoms with Crippen molar-refractivity contribution >= 4 is 5.97 Å². The zero-order chi connectivity index (χ0) is 14.5. The summed E-state index contributed by atoms with van der Waals surface area (Å²) in [7, 11) is 0. The summed E-state index contributed by atoms with van der Waals surface area (Å²) < 4.78 is 10.6. The van der Waals surface area contributed by atoms with Gasteiger partial charge in [-0.3, -0.25) is 4.79 Å². The number of hydrogen-bond acceptors (Lipinski definition) is 5. The fourth-order valence-electron chi connectivity index (χ4n) is 1.67. The third kappa shape index (κ3) is 3.81. The predicted molar refractivity (Wildman–Crippen MR) is 71.5 cm³/mol. The molecule has 6 heteroatoms. The molecule has 0 spiro atoms. The molecule has 6 nitrogen and oxygen atoms in total. The van der Waals surface area contributed by atoms with E-state index in [1.54, 1.807) is 0 Å². The van der Waals surface area contributed by atoms with Gasteiger partial charge in [-0.05, 0) is 26.0 Å². The lowest BCUT2D eigenvalue weighted by molar-refractivity contribution is -0.137. The van der Waals surface area contributed by atoms with Crippen LogP contribution >= 0.6 is 0 Å². The van der Waals surface area contributed by atoms with E-state index in [1.165, 1.54) is 0 Å². The highest BCUT2D eigenvalue weighted by molar-refractivity contribution is 5.66. The van der Waals surface area contributed by atoms with Gasteiger partial charge in [0.25, 0.3) is 0 Å². The third-order valence-corrected chi connectivity index (χ3v) is 2.48. The van der Waals surface area contributed by atoms with E-state index < -0.39 is 5.97 Å². The quantitative estimate of drug-likeness (QED) is 0.872. The maximum Gasteiger partial charge on any atom is 0.303 e. The Morgan fingerprint density at radius 2 is 2.25 bits per heavy atom. The molecule has 0 amide bonds. The Hall–Kier alpha value is -2.37. The van der Waals surface area contributed by atoms with Crippen LogP contribution in [0.2, 0.25) is 0 Å². The van der Waals surface area contributed by atoms with E-state index in [1.807, 2.05) is 38.1 Å². The molecule has 0 aliphatic heterocycles. The van der Waals surface area contributed by atoms with Crippen LogP contribution in [0.3, 0.4) is 0 Å². The number of nitrogens with zero attached hydrogens (tertiary/aromatic N) is 2. The van der Waals surface area contributed by atoms with Crippen LogP contribution in [0.25, 0.3) is 11.4 Å². The third-order valence-electron chi connectivity index (χ3n) is 2.48. The highest BCUT2D eigenvalue weighted by Gasteiger charge is 2.11. The van der Waals surface area contributed by atoms with Crippen molar-refractivity contribution in [1.29, 1.82) is 0 Å². The summed E-state index contributed by atoms with van der Waals surface area (Å²) in [6.45, 7) is 3.90. The Morgan fingerprint density at radius 1 is 1.45 bits per heavy atom. The maximum absolute atomic E-state index is 10.5. The van der Waals surface area contributed by atoms with Crippen molar-refractivity contribution in [2.24, 2.45) is 0 Å². The van der Waals surface area contributed by atoms with Crippen LogP contribution < -0.4 is 4.74 Å². The van der Waals surface area contributed by atoms with E-state index in [9.17, 15) is 4.79 Å². The highest BCUT2D eigenvalue weighted by Crippen LogP contribution is 2.22. The van der Waals surface area contributed by atoms with Gasteiger partial charge in [0.05, 0.1) is 12.5 Å². The first-order valence-electron chi connectivity index (χ1n) is 6.36. The van der Waals surface area contributed by atoms with Crippen molar-refractivity contribution in [3.63, 3.8) is 0 Å². The first-order valence-corrected chi connectivity index (χ1v) is 6.36. The Bertz CT molecular complexity index is 592. The second kappa shape index (κ2) is 6.18. The highest BCUT2D eigenvalue weighted by atomic mass is 16.5. The Morgan fingerprint density at radius 3 is 2.95 bits per heavy atom. The van der Waals surface area contributed by atoms with E-state index in [0.29, 0.717) is 11.7 Å². The number of benzene rings is 1. The van der Waals surface area contributed by atoms with E-state index >= 15 is 0 Å². The monoisotopic (exact) mass is 276 g/mol. The van der Waals surface area contributed by atoms with Gasteiger partial charge in [-0.15, -0.1) is 0 Å². The van der Waals surface area contributed by atoms with Crippen molar-refractivity contribution in [3.05, 3.63) is 30.2 Å². The summed E-state index contributed by atoms with van der Waals surface area (Å²) in [4.78, 5) is 14.7. The lowest BCUT2D eigenvalue weighted by Gasteiger charge is -2.09. The normalized spacial score (nSPS) is 10.8. The molecule has 0 fully saturated rings. The number of ether oxygens (including phenoxy) is 1. The summed E-state index contributed by atoms with van der Waals surface area (Å²) in [5.74, 6) is 0.587. The summed E-state index contributed by atoms with van der Waals surface area (Å²) in [5.41, 5.74) is 0.772. The van der Waals surface area contributed by atoms with Gasteiger partial charge >= 0.3 is 5.97 Å². The molecular weight excluding hydrogens is 260 g/mol. The van der Waals surface area contributed by atoms with E-state index in [4.69, 9.17) is 14.4 Å². The molecular formula is C14H16N2O4. The Labute approximate surface area is 116 Å². The van der Waals surface area contributed by atoms with Crippen LogP contribution in [0, 0.1) is 0 Å². The molecule has 0 saturated carbocycles. The maximum atomic E-state index is 10.5. The van der Waals surface area contributed by atoms with Gasteiger partial charge in [0.1, 0.15) is 5.75 Å². The molecule has 1 aromatic carbocycles. The number of carboxylic acids is 1. The number of aliphatic carboxylic acids is 1. The average molecular weight is 276 g/mol. The van der Waals surface area contributed by atoms with Crippen molar-refractivity contribution in [2.75, 3.05) is 0 Å². The van der Waals surface area contributed by atoms with Gasteiger partial charge in [0.15, 0.2) is 0 Å². The van der Waals surface area contributed by atoms with E-state index in [-0.39, 0.29) is 18.9 Å². The van der Waals surface area contributed by atoms with E-state index in [2.05, 4.69) is 10.1 Å². The van der Waals surface area contributed by atoms with Gasteiger partial charge in [-0.2, -0.15) is 4.98 Å².